The number of carbonyl (C=O) groups excluding carboxylic acids is 2. The van der Waals surface area contributed by atoms with Gasteiger partial charge in [-0.05, 0) is 42.4 Å². The summed E-state index contributed by atoms with van der Waals surface area (Å²) in [5, 5.41) is 3.55. The molecule has 1 fully saturated rings. The van der Waals surface area contributed by atoms with Gasteiger partial charge in [0.15, 0.2) is 5.16 Å². The Morgan fingerprint density at radius 2 is 2.03 bits per heavy atom. The van der Waals surface area contributed by atoms with Crippen LogP contribution in [0, 0.1) is 18.7 Å². The molecule has 2 amide bonds. The molecular formula is C23H23FN4O2S. The van der Waals surface area contributed by atoms with Gasteiger partial charge in [-0.1, -0.05) is 29.8 Å². The van der Waals surface area contributed by atoms with Crippen molar-refractivity contribution >= 4 is 29.3 Å². The molecule has 1 aliphatic rings. The van der Waals surface area contributed by atoms with Gasteiger partial charge in [-0.3, -0.25) is 9.59 Å². The van der Waals surface area contributed by atoms with Crippen LogP contribution < -0.4 is 5.32 Å². The minimum Gasteiger partial charge on any atom is -0.338 e. The summed E-state index contributed by atoms with van der Waals surface area (Å²) in [5.41, 5.74) is 2.56. The molecule has 3 aromatic rings. The van der Waals surface area contributed by atoms with E-state index in [9.17, 15) is 14.0 Å². The Morgan fingerprint density at radius 1 is 1.26 bits per heavy atom. The molecule has 160 valence electrons. The van der Waals surface area contributed by atoms with Crippen LogP contribution in [0.4, 0.5) is 10.1 Å². The summed E-state index contributed by atoms with van der Waals surface area (Å²) in [6.07, 6.45) is 3.64. The standard InChI is InChI=1S/C23H23FN4O2S/c1-15-3-5-16(6-4-15)13-28-14-17(11-21(28)29)22(30)26-19-12-18(24)7-8-20(19)31-23-25-9-10-27(23)2/h3-10,12,17H,11,13-14H2,1-2H3,(H,26,30). The highest BCUT2D eigenvalue weighted by molar-refractivity contribution is 7.99. The number of hydrogen-bond acceptors (Lipinski definition) is 4. The fourth-order valence-electron chi connectivity index (χ4n) is 3.49. The molecule has 1 unspecified atom stereocenters. The molecule has 8 heteroatoms. The number of carbonyl (C=O) groups is 2. The molecule has 2 aromatic carbocycles. The first-order chi connectivity index (χ1) is 14.9. The highest BCUT2D eigenvalue weighted by Crippen LogP contribution is 2.33. The maximum atomic E-state index is 13.9. The minimum absolute atomic E-state index is 0.0532. The van der Waals surface area contributed by atoms with E-state index in [1.165, 1.54) is 23.9 Å². The lowest BCUT2D eigenvalue weighted by molar-refractivity contribution is -0.128. The second-order valence-corrected chi connectivity index (χ2v) is 8.72. The first-order valence-corrected chi connectivity index (χ1v) is 10.8. The molecule has 31 heavy (non-hydrogen) atoms. The molecule has 1 aliphatic heterocycles. The van der Waals surface area contributed by atoms with E-state index in [1.54, 1.807) is 17.2 Å². The van der Waals surface area contributed by atoms with Crippen LogP contribution in [0.2, 0.25) is 0 Å². The van der Waals surface area contributed by atoms with Gasteiger partial charge in [0.25, 0.3) is 0 Å². The van der Waals surface area contributed by atoms with E-state index in [-0.39, 0.29) is 18.2 Å². The molecule has 1 saturated heterocycles. The van der Waals surface area contributed by atoms with Crippen LogP contribution >= 0.6 is 11.8 Å². The van der Waals surface area contributed by atoms with E-state index in [4.69, 9.17) is 0 Å². The van der Waals surface area contributed by atoms with Gasteiger partial charge in [0.05, 0.1) is 11.6 Å². The van der Waals surface area contributed by atoms with Crippen molar-refractivity contribution < 1.29 is 14.0 Å². The maximum Gasteiger partial charge on any atom is 0.229 e. The third kappa shape index (κ3) is 4.96. The van der Waals surface area contributed by atoms with Crippen LogP contribution in [0.15, 0.2) is 64.9 Å². The number of hydrogen-bond donors (Lipinski definition) is 1. The van der Waals surface area contributed by atoms with Crippen LogP contribution in [-0.4, -0.2) is 32.8 Å². The Bertz CT molecular complexity index is 1110. The third-order valence-electron chi connectivity index (χ3n) is 5.26. The number of aryl methyl sites for hydroxylation is 2. The summed E-state index contributed by atoms with van der Waals surface area (Å²) >= 11 is 1.34. The topological polar surface area (TPSA) is 67.2 Å². The van der Waals surface area contributed by atoms with Gasteiger partial charge in [-0.2, -0.15) is 0 Å². The van der Waals surface area contributed by atoms with Crippen LogP contribution in [0.25, 0.3) is 0 Å². The van der Waals surface area contributed by atoms with Crippen LogP contribution in [0.3, 0.4) is 0 Å². The summed E-state index contributed by atoms with van der Waals surface area (Å²) in [4.78, 5) is 32.0. The Morgan fingerprint density at radius 3 is 2.74 bits per heavy atom. The lowest BCUT2D eigenvalue weighted by atomic mass is 10.1. The molecule has 1 aromatic heterocycles. The van der Waals surface area contributed by atoms with E-state index in [0.29, 0.717) is 23.7 Å². The van der Waals surface area contributed by atoms with Gasteiger partial charge in [-0.15, -0.1) is 0 Å². The normalized spacial score (nSPS) is 16.0. The van der Waals surface area contributed by atoms with Crippen molar-refractivity contribution in [3.63, 3.8) is 0 Å². The number of nitrogens with one attached hydrogen (secondary N) is 1. The predicted molar refractivity (Wildman–Crippen MR) is 117 cm³/mol. The highest BCUT2D eigenvalue weighted by atomic mass is 32.2. The molecule has 0 radical (unpaired) electrons. The maximum absolute atomic E-state index is 13.9. The summed E-state index contributed by atoms with van der Waals surface area (Å²) in [5.74, 6) is -1.26. The van der Waals surface area contributed by atoms with Crippen molar-refractivity contribution in [2.24, 2.45) is 13.0 Å². The predicted octanol–water partition coefficient (Wildman–Crippen LogP) is 4.01. The van der Waals surface area contributed by atoms with Crippen LogP contribution in [0.5, 0.6) is 0 Å². The average Bonchev–Trinajstić information content (AvgIpc) is 3.31. The zero-order valence-electron chi connectivity index (χ0n) is 17.3. The van der Waals surface area contributed by atoms with Gasteiger partial charge < -0.3 is 14.8 Å². The van der Waals surface area contributed by atoms with Gasteiger partial charge in [0.2, 0.25) is 11.8 Å². The Labute approximate surface area is 184 Å². The molecule has 1 N–H and O–H groups in total. The van der Waals surface area contributed by atoms with Crippen LogP contribution in [-0.2, 0) is 23.2 Å². The molecule has 2 heterocycles. The second-order valence-electron chi connectivity index (χ2n) is 7.71. The lowest BCUT2D eigenvalue weighted by Gasteiger charge is -2.17. The highest BCUT2D eigenvalue weighted by Gasteiger charge is 2.34. The molecule has 0 bridgehead atoms. The molecular weight excluding hydrogens is 415 g/mol. The monoisotopic (exact) mass is 438 g/mol. The SMILES string of the molecule is Cc1ccc(CN2CC(C(=O)Nc3cc(F)ccc3Sc3nccn3C)CC2=O)cc1. The summed E-state index contributed by atoms with van der Waals surface area (Å²) in [6.45, 7) is 2.83. The number of nitrogens with zero attached hydrogens (tertiary/aromatic N) is 3. The fraction of sp³-hybridized carbons (Fsp3) is 0.261. The zero-order valence-corrected chi connectivity index (χ0v) is 18.2. The molecule has 6 nitrogen and oxygen atoms in total. The number of rotatable bonds is 6. The van der Waals surface area contributed by atoms with Crippen LogP contribution in [0.1, 0.15) is 17.5 Å². The van der Waals surface area contributed by atoms with E-state index >= 15 is 0 Å². The van der Waals surface area contributed by atoms with Crippen molar-refractivity contribution in [3.8, 4) is 0 Å². The van der Waals surface area contributed by atoms with E-state index in [0.717, 1.165) is 16.3 Å². The minimum atomic E-state index is -0.479. The summed E-state index contributed by atoms with van der Waals surface area (Å²) in [6, 6.07) is 12.3. The Balaban J connectivity index is 1.44. The Hall–Kier alpha value is -3.13. The zero-order chi connectivity index (χ0) is 22.0. The fourth-order valence-corrected chi connectivity index (χ4v) is 4.36. The average molecular weight is 439 g/mol. The molecule has 0 saturated carbocycles. The van der Waals surface area contributed by atoms with Crippen molar-refractivity contribution in [3.05, 3.63) is 71.8 Å². The molecule has 1 atom stereocenters. The number of halogens is 1. The van der Waals surface area contributed by atoms with E-state index in [1.807, 2.05) is 49.0 Å². The molecule has 0 spiro atoms. The first-order valence-electron chi connectivity index (χ1n) is 9.98. The lowest BCUT2D eigenvalue weighted by Crippen LogP contribution is -2.28. The van der Waals surface area contributed by atoms with Crippen molar-refractivity contribution in [2.75, 3.05) is 11.9 Å². The van der Waals surface area contributed by atoms with Crippen molar-refractivity contribution in [2.45, 2.75) is 29.9 Å². The number of likely N-dealkylation sites (tertiary alicyclic amines) is 1. The van der Waals surface area contributed by atoms with Gasteiger partial charge in [0, 0.05) is 43.8 Å². The number of imidazole rings is 1. The van der Waals surface area contributed by atoms with Gasteiger partial charge in [0.1, 0.15) is 5.82 Å². The quantitative estimate of drug-likeness (QED) is 0.632. The number of benzene rings is 2. The third-order valence-corrected chi connectivity index (χ3v) is 6.41. The molecule has 4 rings (SSSR count). The largest absolute Gasteiger partial charge is 0.338 e. The summed E-state index contributed by atoms with van der Waals surface area (Å²) < 4.78 is 15.7. The van der Waals surface area contributed by atoms with Crippen molar-refractivity contribution in [1.82, 2.24) is 14.5 Å². The van der Waals surface area contributed by atoms with Crippen molar-refractivity contribution in [1.29, 1.82) is 0 Å². The second kappa shape index (κ2) is 8.93. The number of aromatic nitrogens is 2. The van der Waals surface area contributed by atoms with Gasteiger partial charge >= 0.3 is 0 Å². The molecule has 0 aliphatic carbocycles. The van der Waals surface area contributed by atoms with E-state index in [2.05, 4.69) is 10.3 Å². The summed E-state index contributed by atoms with van der Waals surface area (Å²) in [7, 11) is 1.86. The first kappa shape index (κ1) is 21.1. The smallest absolute Gasteiger partial charge is 0.229 e. The van der Waals surface area contributed by atoms with Gasteiger partial charge in [-0.25, -0.2) is 9.37 Å². The van der Waals surface area contributed by atoms with E-state index < -0.39 is 11.7 Å². The Kier molecular flexibility index (Phi) is 6.08. The number of amides is 2. The number of anilines is 1.